The Hall–Kier alpha value is -1.90. The summed E-state index contributed by atoms with van der Waals surface area (Å²) in [5.74, 6) is -1.09. The Kier molecular flexibility index (Phi) is 5.36. The van der Waals surface area contributed by atoms with Gasteiger partial charge < -0.3 is 9.88 Å². The van der Waals surface area contributed by atoms with Crippen molar-refractivity contribution in [1.29, 1.82) is 0 Å². The summed E-state index contributed by atoms with van der Waals surface area (Å²) in [5, 5.41) is 2.48. The zero-order valence-corrected chi connectivity index (χ0v) is 15.8. The quantitative estimate of drug-likeness (QED) is 0.857. The van der Waals surface area contributed by atoms with E-state index in [9.17, 15) is 17.6 Å². The molecule has 140 valence electrons. The molecular formula is C17H19ClFN3O3S. The Bertz CT molecular complexity index is 937. The Balaban J connectivity index is 1.83. The van der Waals surface area contributed by atoms with Crippen molar-refractivity contribution >= 4 is 33.2 Å². The predicted molar refractivity (Wildman–Crippen MR) is 97.4 cm³/mol. The first-order valence-corrected chi connectivity index (χ1v) is 10.0. The van der Waals surface area contributed by atoms with Crippen molar-refractivity contribution < 1.29 is 17.6 Å². The molecule has 3 rings (SSSR count). The van der Waals surface area contributed by atoms with Gasteiger partial charge in [0.2, 0.25) is 10.0 Å². The molecule has 1 aliphatic rings. The van der Waals surface area contributed by atoms with Crippen LogP contribution in [-0.2, 0) is 17.1 Å². The fraction of sp³-hybridized carbons (Fsp3) is 0.353. The number of anilines is 1. The summed E-state index contributed by atoms with van der Waals surface area (Å²) in [6.45, 7) is 0.986. The van der Waals surface area contributed by atoms with Crippen LogP contribution in [0, 0.1) is 5.82 Å². The molecule has 1 N–H and O–H groups in total. The maximum atomic E-state index is 13.2. The Morgan fingerprint density at radius 3 is 2.54 bits per heavy atom. The summed E-state index contributed by atoms with van der Waals surface area (Å²) in [6, 6.07) is 5.18. The highest BCUT2D eigenvalue weighted by molar-refractivity contribution is 7.89. The summed E-state index contributed by atoms with van der Waals surface area (Å²) in [7, 11) is -2.02. The van der Waals surface area contributed by atoms with Gasteiger partial charge in [-0.15, -0.1) is 0 Å². The standard InChI is InChI=1S/C17H19ClFN3O3S/c1-21-11-13(26(24,25)22-7-3-2-4-8-22)10-16(21)17(23)20-12-5-6-15(19)14(18)9-12/h5-6,9-11H,2-4,7-8H2,1H3,(H,20,23). The smallest absolute Gasteiger partial charge is 0.272 e. The first kappa shape index (κ1) is 18.9. The fourth-order valence-electron chi connectivity index (χ4n) is 2.92. The predicted octanol–water partition coefficient (Wildman–Crippen LogP) is 3.24. The van der Waals surface area contributed by atoms with E-state index in [4.69, 9.17) is 11.6 Å². The zero-order chi connectivity index (χ0) is 18.9. The molecule has 2 heterocycles. The molecule has 0 radical (unpaired) electrons. The number of rotatable bonds is 4. The van der Waals surface area contributed by atoms with Gasteiger partial charge in [0.05, 0.1) is 5.02 Å². The van der Waals surface area contributed by atoms with Crippen LogP contribution in [0.1, 0.15) is 29.8 Å². The minimum atomic E-state index is -3.62. The van der Waals surface area contributed by atoms with Crippen molar-refractivity contribution in [2.45, 2.75) is 24.2 Å². The number of nitrogens with one attached hydrogen (secondary N) is 1. The summed E-state index contributed by atoms with van der Waals surface area (Å²) in [6.07, 6.45) is 4.13. The van der Waals surface area contributed by atoms with Gasteiger partial charge in [-0.05, 0) is 37.1 Å². The molecule has 1 fully saturated rings. The van der Waals surface area contributed by atoms with Crippen LogP contribution >= 0.6 is 11.6 Å². The number of nitrogens with zero attached hydrogens (tertiary/aromatic N) is 2. The molecule has 1 aromatic carbocycles. The number of aryl methyl sites for hydroxylation is 1. The number of hydrogen-bond acceptors (Lipinski definition) is 3. The third kappa shape index (κ3) is 3.77. The second-order valence-electron chi connectivity index (χ2n) is 6.22. The van der Waals surface area contributed by atoms with Crippen LogP contribution in [-0.4, -0.2) is 36.3 Å². The fourth-order valence-corrected chi connectivity index (χ4v) is 4.69. The third-order valence-electron chi connectivity index (χ3n) is 4.34. The van der Waals surface area contributed by atoms with Crippen molar-refractivity contribution in [3.63, 3.8) is 0 Å². The van der Waals surface area contributed by atoms with E-state index in [1.165, 1.54) is 33.3 Å². The normalized spacial score (nSPS) is 15.8. The maximum absolute atomic E-state index is 13.2. The lowest BCUT2D eigenvalue weighted by Crippen LogP contribution is -2.35. The van der Waals surface area contributed by atoms with Crippen molar-refractivity contribution in [2.24, 2.45) is 7.05 Å². The van der Waals surface area contributed by atoms with Crippen LogP contribution in [0.4, 0.5) is 10.1 Å². The van der Waals surface area contributed by atoms with Gasteiger partial charge in [0.15, 0.2) is 0 Å². The average Bonchev–Trinajstić information content (AvgIpc) is 3.02. The average molecular weight is 400 g/mol. The van der Waals surface area contributed by atoms with Crippen LogP contribution in [0.15, 0.2) is 35.4 Å². The van der Waals surface area contributed by atoms with E-state index in [1.54, 1.807) is 7.05 Å². The van der Waals surface area contributed by atoms with Crippen molar-refractivity contribution in [1.82, 2.24) is 8.87 Å². The van der Waals surface area contributed by atoms with E-state index in [1.807, 2.05) is 0 Å². The highest BCUT2D eigenvalue weighted by atomic mass is 35.5. The molecule has 9 heteroatoms. The SMILES string of the molecule is Cn1cc(S(=O)(=O)N2CCCCC2)cc1C(=O)Nc1ccc(F)c(Cl)c1. The molecule has 1 aliphatic heterocycles. The molecule has 26 heavy (non-hydrogen) atoms. The van der Waals surface area contributed by atoms with Gasteiger partial charge in [-0.3, -0.25) is 4.79 Å². The van der Waals surface area contributed by atoms with Gasteiger partial charge in [0.1, 0.15) is 16.4 Å². The second kappa shape index (κ2) is 7.38. The number of benzene rings is 1. The molecule has 1 aromatic heterocycles. The van der Waals surface area contributed by atoms with Crippen molar-refractivity contribution in [3.8, 4) is 0 Å². The Morgan fingerprint density at radius 1 is 1.19 bits per heavy atom. The molecule has 2 aromatic rings. The van der Waals surface area contributed by atoms with E-state index in [0.717, 1.165) is 25.3 Å². The Labute approximate surface area is 156 Å². The van der Waals surface area contributed by atoms with Crippen LogP contribution in [0.2, 0.25) is 5.02 Å². The molecule has 6 nitrogen and oxygen atoms in total. The van der Waals surface area contributed by atoms with Crippen LogP contribution in [0.25, 0.3) is 0 Å². The van der Waals surface area contributed by atoms with Gasteiger partial charge in [-0.2, -0.15) is 4.31 Å². The lowest BCUT2D eigenvalue weighted by molar-refractivity contribution is 0.101. The van der Waals surface area contributed by atoms with Crippen molar-refractivity contribution in [2.75, 3.05) is 18.4 Å². The Morgan fingerprint density at radius 2 is 1.88 bits per heavy atom. The van der Waals surface area contributed by atoms with Gasteiger partial charge in [-0.1, -0.05) is 18.0 Å². The number of halogens is 2. The maximum Gasteiger partial charge on any atom is 0.272 e. The third-order valence-corrected chi connectivity index (χ3v) is 6.50. The molecule has 0 bridgehead atoms. The molecule has 0 aliphatic carbocycles. The van der Waals surface area contributed by atoms with E-state index >= 15 is 0 Å². The minimum Gasteiger partial charge on any atom is -0.345 e. The summed E-state index contributed by atoms with van der Waals surface area (Å²) in [4.78, 5) is 12.6. The molecule has 0 unspecified atom stereocenters. The highest BCUT2D eigenvalue weighted by Gasteiger charge is 2.28. The first-order valence-electron chi connectivity index (χ1n) is 8.22. The molecule has 0 spiro atoms. The molecule has 1 saturated heterocycles. The van der Waals surface area contributed by atoms with E-state index < -0.39 is 21.7 Å². The van der Waals surface area contributed by atoms with Crippen molar-refractivity contribution in [3.05, 3.63) is 47.0 Å². The number of piperidine rings is 1. The van der Waals surface area contributed by atoms with E-state index in [2.05, 4.69) is 5.32 Å². The lowest BCUT2D eigenvalue weighted by Gasteiger charge is -2.25. The summed E-state index contributed by atoms with van der Waals surface area (Å²) >= 11 is 5.71. The number of carbonyl (C=O) groups is 1. The molecule has 1 amide bonds. The van der Waals surface area contributed by atoms with Gasteiger partial charge >= 0.3 is 0 Å². The number of aromatic nitrogens is 1. The minimum absolute atomic E-state index is 0.0872. The topological polar surface area (TPSA) is 71.4 Å². The summed E-state index contributed by atoms with van der Waals surface area (Å²) < 4.78 is 41.6. The van der Waals surface area contributed by atoms with Crippen LogP contribution < -0.4 is 5.32 Å². The second-order valence-corrected chi connectivity index (χ2v) is 8.56. The van der Waals surface area contributed by atoms with Gasteiger partial charge in [-0.25, -0.2) is 12.8 Å². The highest BCUT2D eigenvalue weighted by Crippen LogP contribution is 2.24. The molecular weight excluding hydrogens is 381 g/mol. The van der Waals surface area contributed by atoms with E-state index in [0.29, 0.717) is 18.8 Å². The largest absolute Gasteiger partial charge is 0.345 e. The first-order chi connectivity index (χ1) is 12.3. The van der Waals surface area contributed by atoms with Gasteiger partial charge in [0, 0.05) is 32.0 Å². The van der Waals surface area contributed by atoms with Crippen LogP contribution in [0.5, 0.6) is 0 Å². The monoisotopic (exact) mass is 399 g/mol. The lowest BCUT2D eigenvalue weighted by atomic mass is 10.2. The number of amides is 1. The van der Waals surface area contributed by atoms with Crippen LogP contribution in [0.3, 0.4) is 0 Å². The molecule has 0 saturated carbocycles. The van der Waals surface area contributed by atoms with Gasteiger partial charge in [0.25, 0.3) is 5.91 Å². The number of carbonyl (C=O) groups excluding carboxylic acids is 1. The summed E-state index contributed by atoms with van der Waals surface area (Å²) in [5.41, 5.74) is 0.504. The number of sulfonamides is 1. The molecule has 0 atom stereocenters. The van der Waals surface area contributed by atoms with E-state index in [-0.39, 0.29) is 15.6 Å². The number of hydrogen-bond donors (Lipinski definition) is 1. The zero-order valence-electron chi connectivity index (χ0n) is 14.2.